The maximum atomic E-state index is 13.1. The van der Waals surface area contributed by atoms with E-state index in [1.54, 1.807) is 12.1 Å². The highest BCUT2D eigenvalue weighted by Crippen LogP contribution is 2.49. The maximum Gasteiger partial charge on any atom is 0.252 e. The van der Waals surface area contributed by atoms with E-state index in [1.807, 2.05) is 12.1 Å². The van der Waals surface area contributed by atoms with Crippen LogP contribution in [0.15, 0.2) is 34.5 Å². The fourth-order valence-corrected chi connectivity index (χ4v) is 6.93. The lowest BCUT2D eigenvalue weighted by molar-refractivity contribution is -0.118. The zero-order chi connectivity index (χ0) is 21.5. The minimum Gasteiger partial charge on any atom is -0.366 e. The summed E-state index contributed by atoms with van der Waals surface area (Å²) < 4.78 is 27.4. The number of benzene rings is 1. The van der Waals surface area contributed by atoms with Crippen molar-refractivity contribution in [2.24, 2.45) is 5.73 Å². The lowest BCUT2D eigenvalue weighted by atomic mass is 9.95. The van der Waals surface area contributed by atoms with E-state index in [2.05, 4.69) is 5.32 Å². The first-order chi connectivity index (χ1) is 14.2. The predicted molar refractivity (Wildman–Crippen MR) is 116 cm³/mol. The van der Waals surface area contributed by atoms with Gasteiger partial charge >= 0.3 is 0 Å². The molecule has 2 aromatic rings. The van der Waals surface area contributed by atoms with Gasteiger partial charge in [-0.1, -0.05) is 30.2 Å². The number of hydrogen-bond acceptors (Lipinski definition) is 5. The summed E-state index contributed by atoms with van der Waals surface area (Å²) in [5.41, 5.74) is 5.62. The van der Waals surface area contributed by atoms with Crippen LogP contribution in [0.3, 0.4) is 0 Å². The summed E-state index contributed by atoms with van der Waals surface area (Å²) >= 11 is 6.82. The van der Waals surface area contributed by atoms with E-state index < -0.39 is 21.3 Å². The summed E-state index contributed by atoms with van der Waals surface area (Å²) in [6, 6.07) is 8.35. The van der Waals surface area contributed by atoms with Crippen LogP contribution in [0.5, 0.6) is 0 Å². The second-order valence-electron chi connectivity index (χ2n) is 7.68. The molecule has 1 saturated heterocycles. The van der Waals surface area contributed by atoms with Crippen LogP contribution in [0.25, 0.3) is 0 Å². The fourth-order valence-electron chi connectivity index (χ4n) is 3.77. The van der Waals surface area contributed by atoms with E-state index in [1.165, 1.54) is 10.4 Å². The number of primary amides is 1. The summed E-state index contributed by atoms with van der Waals surface area (Å²) in [6.45, 7) is 0.904. The molecule has 30 heavy (non-hydrogen) atoms. The van der Waals surface area contributed by atoms with Crippen molar-refractivity contribution in [2.45, 2.75) is 41.7 Å². The molecule has 2 fully saturated rings. The van der Waals surface area contributed by atoms with Crippen molar-refractivity contribution in [3.05, 3.63) is 46.5 Å². The van der Waals surface area contributed by atoms with E-state index in [4.69, 9.17) is 17.3 Å². The van der Waals surface area contributed by atoms with E-state index in [9.17, 15) is 18.0 Å². The van der Waals surface area contributed by atoms with Gasteiger partial charge in [-0.05, 0) is 49.4 Å². The average Bonchev–Trinajstić information content (AvgIpc) is 3.43. The molecule has 1 aliphatic carbocycles. The molecule has 1 aliphatic heterocycles. The molecule has 1 aromatic heterocycles. The molecular weight excluding hydrogens is 446 g/mol. The van der Waals surface area contributed by atoms with Crippen molar-refractivity contribution in [1.29, 1.82) is 0 Å². The zero-order valence-electron chi connectivity index (χ0n) is 16.2. The van der Waals surface area contributed by atoms with Gasteiger partial charge in [-0.2, -0.15) is 4.31 Å². The number of amides is 2. The molecule has 2 heterocycles. The lowest BCUT2D eigenvalue weighted by Gasteiger charge is -2.25. The Morgan fingerprint density at radius 3 is 2.30 bits per heavy atom. The molecule has 0 bridgehead atoms. The van der Waals surface area contributed by atoms with Gasteiger partial charge in [0, 0.05) is 18.1 Å². The minimum atomic E-state index is -3.73. The van der Waals surface area contributed by atoms with E-state index >= 15 is 0 Å². The molecule has 2 aliphatic rings. The molecule has 4 rings (SSSR count). The van der Waals surface area contributed by atoms with Crippen LogP contribution in [-0.2, 0) is 20.2 Å². The molecule has 10 heteroatoms. The number of rotatable bonds is 6. The molecule has 7 nitrogen and oxygen atoms in total. The Bertz CT molecular complexity index is 1090. The molecule has 1 aromatic carbocycles. The number of halogens is 1. The van der Waals surface area contributed by atoms with Crippen molar-refractivity contribution < 1.29 is 18.0 Å². The molecule has 160 valence electrons. The lowest BCUT2D eigenvalue weighted by Crippen LogP contribution is -2.35. The van der Waals surface area contributed by atoms with Gasteiger partial charge in [-0.3, -0.25) is 9.59 Å². The smallest absolute Gasteiger partial charge is 0.252 e. The second-order valence-corrected chi connectivity index (χ2v) is 11.3. The number of nitrogens with one attached hydrogen (secondary N) is 1. The molecule has 0 radical (unpaired) electrons. The Morgan fingerprint density at radius 1 is 1.10 bits per heavy atom. The number of carbonyl (C=O) groups excluding carboxylic acids is 2. The van der Waals surface area contributed by atoms with E-state index in [-0.39, 0.29) is 20.7 Å². The molecule has 2 amide bonds. The van der Waals surface area contributed by atoms with Gasteiger partial charge in [0.05, 0.1) is 11.0 Å². The topological polar surface area (TPSA) is 110 Å². The van der Waals surface area contributed by atoms with Crippen molar-refractivity contribution in [1.82, 2.24) is 4.31 Å². The number of hydrogen-bond donors (Lipinski definition) is 2. The third-order valence-electron chi connectivity index (χ3n) is 5.69. The van der Waals surface area contributed by atoms with Gasteiger partial charge in [-0.15, -0.1) is 11.3 Å². The third kappa shape index (κ3) is 3.87. The summed E-state index contributed by atoms with van der Waals surface area (Å²) in [4.78, 5) is 25.0. The monoisotopic (exact) mass is 467 g/mol. The molecule has 3 N–H and O–H groups in total. The first-order valence-corrected chi connectivity index (χ1v) is 12.4. The van der Waals surface area contributed by atoms with Crippen molar-refractivity contribution in [3.63, 3.8) is 0 Å². The fraction of sp³-hybridized carbons (Fsp3) is 0.400. The maximum absolute atomic E-state index is 13.1. The van der Waals surface area contributed by atoms with Gasteiger partial charge in [0.25, 0.3) is 15.9 Å². The van der Waals surface area contributed by atoms with Gasteiger partial charge in [0.15, 0.2) is 0 Å². The van der Waals surface area contributed by atoms with Crippen LogP contribution in [-0.4, -0.2) is 37.6 Å². The van der Waals surface area contributed by atoms with Crippen LogP contribution in [0.1, 0.15) is 48.0 Å². The molecule has 0 unspecified atom stereocenters. The standard InChI is InChI=1S/C20H22ClN3O4S2/c21-14-6-4-13(5-7-14)20(8-9-20)19(26)23-18-15(17(22)25)12-16(29-18)30(27,28)24-10-2-1-3-11-24/h4-7,12H,1-3,8-11H2,(H2,22,25)(H,23,26). The largest absolute Gasteiger partial charge is 0.366 e. The van der Waals surface area contributed by atoms with Gasteiger partial charge < -0.3 is 11.1 Å². The quantitative estimate of drug-likeness (QED) is 0.678. The Hall–Kier alpha value is -1.94. The number of anilines is 1. The first kappa shape index (κ1) is 21.3. The van der Waals surface area contributed by atoms with Crippen LogP contribution in [0, 0.1) is 0 Å². The summed E-state index contributed by atoms with van der Waals surface area (Å²) in [5, 5.41) is 3.52. The zero-order valence-corrected chi connectivity index (χ0v) is 18.6. The SMILES string of the molecule is NC(=O)c1cc(S(=O)(=O)N2CCCCC2)sc1NC(=O)C1(c2ccc(Cl)cc2)CC1. The Labute approximate surface area is 184 Å². The van der Waals surface area contributed by atoms with Crippen molar-refractivity contribution in [3.8, 4) is 0 Å². The molecule has 0 atom stereocenters. The minimum absolute atomic E-state index is 0.0100. The number of nitrogens with zero attached hydrogens (tertiary/aromatic N) is 1. The van der Waals surface area contributed by atoms with Gasteiger partial charge in [-0.25, -0.2) is 8.42 Å². The molecule has 1 saturated carbocycles. The normalized spacial score (nSPS) is 18.7. The average molecular weight is 468 g/mol. The Kier molecular flexibility index (Phi) is 5.65. The highest BCUT2D eigenvalue weighted by atomic mass is 35.5. The van der Waals surface area contributed by atoms with Gasteiger partial charge in [0.2, 0.25) is 5.91 Å². The highest BCUT2D eigenvalue weighted by Gasteiger charge is 2.51. The molecule has 0 spiro atoms. The van der Waals surface area contributed by atoms with Crippen molar-refractivity contribution >= 4 is 49.8 Å². The number of thiophene rings is 1. The number of carbonyl (C=O) groups is 2. The number of nitrogens with two attached hydrogens (primary N) is 1. The van der Waals surface area contributed by atoms with Crippen LogP contribution >= 0.6 is 22.9 Å². The van der Waals surface area contributed by atoms with Crippen LogP contribution in [0.4, 0.5) is 5.00 Å². The van der Waals surface area contributed by atoms with Crippen molar-refractivity contribution in [2.75, 3.05) is 18.4 Å². The molecular formula is C20H22ClN3O4S2. The summed E-state index contributed by atoms with van der Waals surface area (Å²) in [7, 11) is -3.73. The Morgan fingerprint density at radius 2 is 1.73 bits per heavy atom. The third-order valence-corrected chi connectivity index (χ3v) is 9.34. The predicted octanol–water partition coefficient (Wildman–Crippen LogP) is 3.35. The second kappa shape index (κ2) is 7.96. The Balaban J connectivity index is 1.62. The number of sulfonamides is 1. The number of piperidine rings is 1. The van der Waals surface area contributed by atoms with E-state index in [0.717, 1.165) is 36.2 Å². The van der Waals surface area contributed by atoms with E-state index in [0.29, 0.717) is 31.0 Å². The highest BCUT2D eigenvalue weighted by molar-refractivity contribution is 7.91. The first-order valence-electron chi connectivity index (χ1n) is 9.75. The van der Waals surface area contributed by atoms with Crippen LogP contribution in [0.2, 0.25) is 5.02 Å². The van der Waals surface area contributed by atoms with Crippen LogP contribution < -0.4 is 11.1 Å². The summed E-state index contributed by atoms with van der Waals surface area (Å²) in [6.07, 6.45) is 3.94. The van der Waals surface area contributed by atoms with Gasteiger partial charge in [0.1, 0.15) is 9.21 Å². The summed E-state index contributed by atoms with van der Waals surface area (Å²) in [5.74, 6) is -1.06.